The molecule has 0 aliphatic carbocycles. The van der Waals surface area contributed by atoms with E-state index in [0.29, 0.717) is 17.2 Å². The van der Waals surface area contributed by atoms with Gasteiger partial charge in [0, 0.05) is 5.92 Å². The van der Waals surface area contributed by atoms with Crippen molar-refractivity contribution in [3.63, 3.8) is 0 Å². The standard InChI is InChI=1S/C12H18N2O3S/c1-4-7(5-2)10(15)14-12-13-8(6-3)9(18-12)11(16)17/h7H,4-6H2,1-3H3,(H,16,17)(H,13,14,15). The van der Waals surface area contributed by atoms with Crippen molar-refractivity contribution in [2.45, 2.75) is 40.0 Å². The van der Waals surface area contributed by atoms with Gasteiger partial charge in [-0.2, -0.15) is 0 Å². The molecule has 0 aromatic carbocycles. The summed E-state index contributed by atoms with van der Waals surface area (Å²) in [4.78, 5) is 27.2. The predicted octanol–water partition coefficient (Wildman–Crippen LogP) is 2.78. The Morgan fingerprint density at radius 1 is 1.33 bits per heavy atom. The van der Waals surface area contributed by atoms with Crippen LogP contribution in [0.4, 0.5) is 5.13 Å². The molecule has 6 heteroatoms. The molecule has 0 saturated carbocycles. The Hall–Kier alpha value is -1.43. The molecule has 18 heavy (non-hydrogen) atoms. The molecule has 1 rings (SSSR count). The molecule has 1 aromatic rings. The summed E-state index contributed by atoms with van der Waals surface area (Å²) in [6.07, 6.45) is 2.07. The van der Waals surface area contributed by atoms with Gasteiger partial charge in [0.25, 0.3) is 0 Å². The van der Waals surface area contributed by atoms with Crippen molar-refractivity contribution in [2.75, 3.05) is 5.32 Å². The quantitative estimate of drug-likeness (QED) is 0.833. The van der Waals surface area contributed by atoms with Crippen molar-refractivity contribution < 1.29 is 14.7 Å². The fourth-order valence-corrected chi connectivity index (χ4v) is 2.57. The maximum atomic E-state index is 11.9. The summed E-state index contributed by atoms with van der Waals surface area (Å²) in [7, 11) is 0. The largest absolute Gasteiger partial charge is 0.477 e. The minimum atomic E-state index is -0.993. The Balaban J connectivity index is 2.85. The van der Waals surface area contributed by atoms with Gasteiger partial charge in [-0.25, -0.2) is 9.78 Å². The van der Waals surface area contributed by atoms with Crippen molar-refractivity contribution in [3.05, 3.63) is 10.6 Å². The van der Waals surface area contributed by atoms with Gasteiger partial charge in [0.1, 0.15) is 4.88 Å². The molecule has 1 amide bonds. The van der Waals surface area contributed by atoms with Crippen molar-refractivity contribution >= 4 is 28.3 Å². The monoisotopic (exact) mass is 270 g/mol. The topological polar surface area (TPSA) is 79.3 Å². The van der Waals surface area contributed by atoms with Crippen LogP contribution in [0.15, 0.2) is 0 Å². The Labute approximate surface area is 110 Å². The highest BCUT2D eigenvalue weighted by Crippen LogP contribution is 2.24. The summed E-state index contributed by atoms with van der Waals surface area (Å²) in [6.45, 7) is 5.75. The highest BCUT2D eigenvalue weighted by atomic mass is 32.1. The number of aryl methyl sites for hydroxylation is 1. The van der Waals surface area contributed by atoms with E-state index in [1.807, 2.05) is 20.8 Å². The SMILES string of the molecule is CCc1nc(NC(=O)C(CC)CC)sc1C(=O)O. The van der Waals surface area contributed by atoms with Crippen molar-refractivity contribution in [2.24, 2.45) is 5.92 Å². The van der Waals surface area contributed by atoms with Crippen molar-refractivity contribution in [1.29, 1.82) is 0 Å². The average Bonchev–Trinajstić information content (AvgIpc) is 2.73. The van der Waals surface area contributed by atoms with Gasteiger partial charge in [-0.1, -0.05) is 32.1 Å². The van der Waals surface area contributed by atoms with E-state index in [-0.39, 0.29) is 16.7 Å². The predicted molar refractivity (Wildman–Crippen MR) is 71.2 cm³/mol. The fourth-order valence-electron chi connectivity index (χ4n) is 1.68. The maximum absolute atomic E-state index is 11.9. The normalized spacial score (nSPS) is 10.7. The summed E-state index contributed by atoms with van der Waals surface area (Å²) >= 11 is 1.02. The van der Waals surface area contributed by atoms with Crippen LogP contribution < -0.4 is 5.32 Å². The first-order chi connectivity index (χ1) is 8.53. The molecule has 100 valence electrons. The van der Waals surface area contributed by atoms with Crippen LogP contribution >= 0.6 is 11.3 Å². The number of carboxylic acid groups (broad SMARTS) is 1. The lowest BCUT2D eigenvalue weighted by Gasteiger charge is -2.10. The molecule has 0 aliphatic heterocycles. The third-order valence-corrected chi connectivity index (χ3v) is 3.81. The van der Waals surface area contributed by atoms with Crippen LogP contribution in [0, 0.1) is 5.92 Å². The highest BCUT2D eigenvalue weighted by molar-refractivity contribution is 7.17. The minimum Gasteiger partial charge on any atom is -0.477 e. The lowest BCUT2D eigenvalue weighted by molar-refractivity contribution is -0.120. The summed E-state index contributed by atoms with van der Waals surface area (Å²) in [5.74, 6) is -1.13. The van der Waals surface area contributed by atoms with Crippen LogP contribution in [0.25, 0.3) is 0 Å². The first-order valence-electron chi connectivity index (χ1n) is 6.07. The number of carbonyl (C=O) groups is 2. The first kappa shape index (κ1) is 14.6. The molecule has 2 N–H and O–H groups in total. The second-order valence-electron chi connectivity index (χ2n) is 3.96. The molecule has 0 unspecified atom stereocenters. The summed E-state index contributed by atoms with van der Waals surface area (Å²) in [5, 5.41) is 12.1. The molecular formula is C12H18N2O3S. The van der Waals surface area contributed by atoms with Crippen LogP contribution in [-0.4, -0.2) is 22.0 Å². The third kappa shape index (κ3) is 3.29. The molecule has 0 saturated heterocycles. The molecule has 0 aliphatic rings. The van der Waals surface area contributed by atoms with E-state index in [1.54, 1.807) is 0 Å². The summed E-state index contributed by atoms with van der Waals surface area (Å²) in [6, 6.07) is 0. The van der Waals surface area contributed by atoms with E-state index in [4.69, 9.17) is 5.11 Å². The number of hydrogen-bond acceptors (Lipinski definition) is 4. The average molecular weight is 270 g/mol. The van der Waals surface area contributed by atoms with Crippen LogP contribution in [0.1, 0.15) is 49.0 Å². The molecular weight excluding hydrogens is 252 g/mol. The Bertz CT molecular complexity index is 439. The van der Waals surface area contributed by atoms with E-state index in [9.17, 15) is 9.59 Å². The van der Waals surface area contributed by atoms with E-state index in [0.717, 1.165) is 24.2 Å². The smallest absolute Gasteiger partial charge is 0.347 e. The number of thiazole rings is 1. The first-order valence-corrected chi connectivity index (χ1v) is 6.88. The Morgan fingerprint density at radius 3 is 2.33 bits per heavy atom. The molecule has 0 spiro atoms. The van der Waals surface area contributed by atoms with Gasteiger partial charge < -0.3 is 10.4 Å². The molecule has 0 radical (unpaired) electrons. The molecule has 5 nitrogen and oxygen atoms in total. The highest BCUT2D eigenvalue weighted by Gasteiger charge is 2.19. The van der Waals surface area contributed by atoms with Crippen LogP contribution in [0.3, 0.4) is 0 Å². The van der Waals surface area contributed by atoms with E-state index in [2.05, 4.69) is 10.3 Å². The van der Waals surface area contributed by atoms with Crippen molar-refractivity contribution in [3.8, 4) is 0 Å². The summed E-state index contributed by atoms with van der Waals surface area (Å²) in [5.41, 5.74) is 0.521. The third-order valence-electron chi connectivity index (χ3n) is 2.81. The second kappa shape index (κ2) is 6.49. The lowest BCUT2D eigenvalue weighted by Crippen LogP contribution is -2.21. The minimum absolute atomic E-state index is 0.0488. The van der Waals surface area contributed by atoms with Gasteiger partial charge in [0.15, 0.2) is 5.13 Å². The van der Waals surface area contributed by atoms with E-state index in [1.165, 1.54) is 0 Å². The molecule has 1 aromatic heterocycles. The molecule has 1 heterocycles. The number of aromatic nitrogens is 1. The molecule has 0 fully saturated rings. The van der Waals surface area contributed by atoms with Gasteiger partial charge in [0.2, 0.25) is 5.91 Å². The van der Waals surface area contributed by atoms with E-state index < -0.39 is 5.97 Å². The number of carbonyl (C=O) groups excluding carboxylic acids is 1. The zero-order valence-electron chi connectivity index (χ0n) is 10.8. The van der Waals surface area contributed by atoms with Crippen molar-refractivity contribution in [1.82, 2.24) is 4.98 Å². The number of carboxylic acids is 1. The molecule has 0 atom stereocenters. The number of anilines is 1. The van der Waals surface area contributed by atoms with Crippen LogP contribution in [0.2, 0.25) is 0 Å². The zero-order chi connectivity index (χ0) is 13.7. The van der Waals surface area contributed by atoms with Gasteiger partial charge in [-0.15, -0.1) is 0 Å². The summed E-state index contributed by atoms with van der Waals surface area (Å²) < 4.78 is 0. The lowest BCUT2D eigenvalue weighted by atomic mass is 10.0. The number of hydrogen-bond donors (Lipinski definition) is 2. The van der Waals surface area contributed by atoms with Crippen LogP contribution in [-0.2, 0) is 11.2 Å². The zero-order valence-corrected chi connectivity index (χ0v) is 11.6. The fraction of sp³-hybridized carbons (Fsp3) is 0.583. The van der Waals surface area contributed by atoms with E-state index >= 15 is 0 Å². The number of amides is 1. The Kier molecular flexibility index (Phi) is 5.27. The van der Waals surface area contributed by atoms with Gasteiger partial charge in [0.05, 0.1) is 5.69 Å². The van der Waals surface area contributed by atoms with Crippen LogP contribution in [0.5, 0.6) is 0 Å². The van der Waals surface area contributed by atoms with Gasteiger partial charge in [-0.05, 0) is 19.3 Å². The second-order valence-corrected chi connectivity index (χ2v) is 4.96. The van der Waals surface area contributed by atoms with Gasteiger partial charge >= 0.3 is 5.97 Å². The number of aromatic carboxylic acids is 1. The maximum Gasteiger partial charge on any atom is 0.347 e. The molecule has 0 bridgehead atoms. The number of nitrogens with zero attached hydrogens (tertiary/aromatic N) is 1. The Morgan fingerprint density at radius 2 is 1.94 bits per heavy atom. The number of rotatable bonds is 6. The van der Waals surface area contributed by atoms with Gasteiger partial charge in [-0.3, -0.25) is 4.79 Å². The number of nitrogens with one attached hydrogen (secondary N) is 1.